The average molecular weight is 141 g/mol. The predicted octanol–water partition coefficient (Wildman–Crippen LogP) is 2.13. The summed E-state index contributed by atoms with van der Waals surface area (Å²) in [5, 5.41) is 0. The van der Waals surface area contributed by atoms with Gasteiger partial charge in [0.1, 0.15) is 0 Å². The van der Waals surface area contributed by atoms with Crippen molar-refractivity contribution in [3.8, 4) is 0 Å². The second kappa shape index (κ2) is 2.91. The first-order chi connectivity index (χ1) is 4.61. The van der Waals surface area contributed by atoms with Crippen LogP contribution >= 0.6 is 0 Å². The molecule has 1 fully saturated rings. The third-order valence-electron chi connectivity index (χ3n) is 2.50. The fourth-order valence-electron chi connectivity index (χ4n) is 2.05. The maximum Gasteiger partial charge on any atom is 0.00727 e. The first-order valence-corrected chi connectivity index (χ1v) is 4.37. The lowest BCUT2D eigenvalue weighted by atomic mass is 10.1. The predicted molar refractivity (Wildman–Crippen MR) is 45.1 cm³/mol. The molecule has 0 N–H and O–H groups in total. The van der Waals surface area contributed by atoms with Crippen molar-refractivity contribution in [1.29, 1.82) is 0 Å². The minimum atomic E-state index is 0.736. The largest absolute Gasteiger partial charge is 0.298 e. The fraction of sp³-hybridized carbons (Fsp3) is 1.00. The zero-order chi connectivity index (χ0) is 7.72. The van der Waals surface area contributed by atoms with Gasteiger partial charge in [0.2, 0.25) is 0 Å². The molecule has 0 aromatic carbocycles. The van der Waals surface area contributed by atoms with Crippen LogP contribution in [0.25, 0.3) is 0 Å². The Hall–Kier alpha value is -0.0400. The van der Waals surface area contributed by atoms with E-state index in [-0.39, 0.29) is 0 Å². The van der Waals surface area contributed by atoms with Crippen molar-refractivity contribution in [3.05, 3.63) is 0 Å². The van der Waals surface area contributed by atoms with Crippen LogP contribution in [0.15, 0.2) is 0 Å². The van der Waals surface area contributed by atoms with Gasteiger partial charge >= 0.3 is 0 Å². The van der Waals surface area contributed by atoms with Gasteiger partial charge in [-0.15, -0.1) is 0 Å². The molecule has 1 heterocycles. The molecule has 0 spiro atoms. The van der Waals surface area contributed by atoms with E-state index in [1.54, 1.807) is 0 Å². The van der Waals surface area contributed by atoms with Gasteiger partial charge < -0.3 is 0 Å². The zero-order valence-corrected chi connectivity index (χ0v) is 7.59. The standard InChI is InChI=1S/C9H19N/c1-7(2)10-6-8(3)5-9(10)4/h7-9H,5-6H2,1-4H3. The van der Waals surface area contributed by atoms with Crippen LogP contribution in [0.5, 0.6) is 0 Å². The maximum atomic E-state index is 2.59. The lowest BCUT2D eigenvalue weighted by molar-refractivity contribution is 0.213. The van der Waals surface area contributed by atoms with Crippen LogP contribution in [0.4, 0.5) is 0 Å². The lowest BCUT2D eigenvalue weighted by Crippen LogP contribution is -2.33. The summed E-state index contributed by atoms with van der Waals surface area (Å²) in [4.78, 5) is 2.59. The van der Waals surface area contributed by atoms with Crippen LogP contribution in [0.2, 0.25) is 0 Å². The minimum absolute atomic E-state index is 0.736. The lowest BCUT2D eigenvalue weighted by Gasteiger charge is -2.25. The Bertz CT molecular complexity index is 109. The highest BCUT2D eigenvalue weighted by molar-refractivity contribution is 4.81. The van der Waals surface area contributed by atoms with Gasteiger partial charge in [0.25, 0.3) is 0 Å². The van der Waals surface area contributed by atoms with Gasteiger partial charge in [-0.2, -0.15) is 0 Å². The molecule has 2 unspecified atom stereocenters. The Morgan fingerprint density at radius 1 is 1.30 bits per heavy atom. The number of rotatable bonds is 1. The average Bonchev–Trinajstić information content (AvgIpc) is 2.10. The summed E-state index contributed by atoms with van der Waals surface area (Å²) in [5.41, 5.74) is 0. The highest BCUT2D eigenvalue weighted by Gasteiger charge is 2.27. The maximum absolute atomic E-state index is 2.59. The molecule has 60 valence electrons. The number of nitrogens with zero attached hydrogens (tertiary/aromatic N) is 1. The van der Waals surface area contributed by atoms with Crippen molar-refractivity contribution < 1.29 is 0 Å². The van der Waals surface area contributed by atoms with E-state index in [0.29, 0.717) is 0 Å². The molecule has 0 aromatic rings. The number of likely N-dealkylation sites (tertiary alicyclic amines) is 1. The van der Waals surface area contributed by atoms with Gasteiger partial charge in [0.05, 0.1) is 0 Å². The topological polar surface area (TPSA) is 3.24 Å². The van der Waals surface area contributed by atoms with Crippen LogP contribution in [-0.4, -0.2) is 23.5 Å². The Morgan fingerprint density at radius 2 is 1.90 bits per heavy atom. The van der Waals surface area contributed by atoms with Crippen molar-refractivity contribution in [1.82, 2.24) is 4.90 Å². The fourth-order valence-corrected chi connectivity index (χ4v) is 2.05. The molecule has 1 saturated heterocycles. The molecule has 1 aliphatic heterocycles. The molecule has 10 heavy (non-hydrogen) atoms. The van der Waals surface area contributed by atoms with Gasteiger partial charge in [0.15, 0.2) is 0 Å². The third kappa shape index (κ3) is 1.51. The van der Waals surface area contributed by atoms with E-state index in [2.05, 4.69) is 32.6 Å². The molecule has 2 atom stereocenters. The Kier molecular flexibility index (Phi) is 2.35. The van der Waals surface area contributed by atoms with Gasteiger partial charge in [-0.25, -0.2) is 0 Å². The third-order valence-corrected chi connectivity index (χ3v) is 2.50. The molecule has 1 rings (SSSR count). The first-order valence-electron chi connectivity index (χ1n) is 4.37. The van der Waals surface area contributed by atoms with Crippen molar-refractivity contribution in [2.75, 3.05) is 6.54 Å². The molecule has 1 heteroatoms. The van der Waals surface area contributed by atoms with Gasteiger partial charge in [-0.3, -0.25) is 4.90 Å². The van der Waals surface area contributed by atoms with Crippen LogP contribution in [0.1, 0.15) is 34.1 Å². The summed E-state index contributed by atoms with van der Waals surface area (Å²) in [6, 6.07) is 1.55. The summed E-state index contributed by atoms with van der Waals surface area (Å²) in [5.74, 6) is 0.914. The molecule has 0 bridgehead atoms. The molecular formula is C9H19N. The van der Waals surface area contributed by atoms with Crippen LogP contribution in [-0.2, 0) is 0 Å². The normalized spacial score (nSPS) is 35.7. The molecular weight excluding hydrogens is 122 g/mol. The Labute approximate surface area is 64.4 Å². The Balaban J connectivity index is 2.46. The van der Waals surface area contributed by atoms with Crippen molar-refractivity contribution >= 4 is 0 Å². The summed E-state index contributed by atoms with van der Waals surface area (Å²) in [6.45, 7) is 10.6. The molecule has 0 aromatic heterocycles. The highest BCUT2D eigenvalue weighted by Crippen LogP contribution is 2.23. The molecule has 0 radical (unpaired) electrons. The van der Waals surface area contributed by atoms with Crippen LogP contribution < -0.4 is 0 Å². The molecule has 1 nitrogen and oxygen atoms in total. The van der Waals surface area contributed by atoms with Gasteiger partial charge in [0, 0.05) is 18.6 Å². The zero-order valence-electron chi connectivity index (χ0n) is 7.59. The molecule has 0 aliphatic carbocycles. The molecule has 0 saturated carbocycles. The summed E-state index contributed by atoms with van der Waals surface area (Å²) in [7, 11) is 0. The van der Waals surface area contributed by atoms with Crippen molar-refractivity contribution in [2.45, 2.75) is 46.2 Å². The highest BCUT2D eigenvalue weighted by atomic mass is 15.2. The van der Waals surface area contributed by atoms with Crippen LogP contribution in [0, 0.1) is 5.92 Å². The van der Waals surface area contributed by atoms with E-state index in [0.717, 1.165) is 18.0 Å². The molecule has 1 aliphatic rings. The van der Waals surface area contributed by atoms with Crippen molar-refractivity contribution in [3.63, 3.8) is 0 Å². The number of hydrogen-bond acceptors (Lipinski definition) is 1. The minimum Gasteiger partial charge on any atom is -0.298 e. The van der Waals surface area contributed by atoms with E-state index >= 15 is 0 Å². The van der Waals surface area contributed by atoms with E-state index in [1.165, 1.54) is 13.0 Å². The summed E-state index contributed by atoms with van der Waals surface area (Å²) >= 11 is 0. The second-order valence-corrected chi connectivity index (χ2v) is 3.98. The first kappa shape index (κ1) is 8.06. The Morgan fingerprint density at radius 3 is 2.10 bits per heavy atom. The van der Waals surface area contributed by atoms with E-state index in [4.69, 9.17) is 0 Å². The van der Waals surface area contributed by atoms with Gasteiger partial charge in [-0.05, 0) is 33.1 Å². The second-order valence-electron chi connectivity index (χ2n) is 3.98. The quantitative estimate of drug-likeness (QED) is 0.540. The van der Waals surface area contributed by atoms with Crippen molar-refractivity contribution in [2.24, 2.45) is 5.92 Å². The van der Waals surface area contributed by atoms with Gasteiger partial charge in [-0.1, -0.05) is 6.92 Å². The van der Waals surface area contributed by atoms with E-state index in [1.807, 2.05) is 0 Å². The molecule has 0 amide bonds. The summed E-state index contributed by atoms with van der Waals surface area (Å²) in [6.07, 6.45) is 1.39. The SMILES string of the molecule is CC1CC(C)N(C(C)C)C1. The van der Waals surface area contributed by atoms with E-state index < -0.39 is 0 Å². The smallest absolute Gasteiger partial charge is 0.00727 e. The summed E-state index contributed by atoms with van der Waals surface area (Å²) < 4.78 is 0. The monoisotopic (exact) mass is 141 g/mol. The van der Waals surface area contributed by atoms with E-state index in [9.17, 15) is 0 Å². The van der Waals surface area contributed by atoms with Crippen LogP contribution in [0.3, 0.4) is 0 Å². The number of hydrogen-bond donors (Lipinski definition) is 0.